The average molecular weight is 275 g/mol. The number of benzene rings is 1. The zero-order valence-electron chi connectivity index (χ0n) is 12.4. The normalized spacial score (nSPS) is 13.4. The first kappa shape index (κ1) is 14.5. The first-order valence-electron chi connectivity index (χ1n) is 6.77. The largest absolute Gasteiger partial charge is 0.441 e. The number of carbonyl (C=O) groups is 1. The maximum Gasteiger partial charge on any atom is 0.241 e. The maximum absolute atomic E-state index is 12.1. The van der Waals surface area contributed by atoms with Gasteiger partial charge in [-0.3, -0.25) is 4.79 Å². The van der Waals surface area contributed by atoms with Crippen LogP contribution in [0.4, 0.5) is 5.69 Å². The fourth-order valence-electron chi connectivity index (χ4n) is 1.82. The van der Waals surface area contributed by atoms with Gasteiger partial charge in [-0.05, 0) is 23.6 Å². The summed E-state index contributed by atoms with van der Waals surface area (Å²) < 4.78 is 5.53. The number of oxazole rings is 1. The Morgan fingerprint density at radius 1 is 1.45 bits per heavy atom. The number of aromatic nitrogens is 1. The zero-order valence-corrected chi connectivity index (χ0v) is 12.4. The molecule has 1 atom stereocenters. The van der Waals surface area contributed by atoms with E-state index in [0.29, 0.717) is 11.6 Å². The second-order valence-electron chi connectivity index (χ2n) is 5.98. The number of rotatable bonds is 3. The van der Waals surface area contributed by atoms with Crippen LogP contribution >= 0.6 is 0 Å². The molecule has 0 bridgehead atoms. The summed E-state index contributed by atoms with van der Waals surface area (Å²) >= 11 is 0. The lowest BCUT2D eigenvalue weighted by Gasteiger charge is -2.25. The van der Waals surface area contributed by atoms with Crippen molar-refractivity contribution in [2.45, 2.75) is 40.2 Å². The maximum atomic E-state index is 12.1. The number of nitrogens with zero attached hydrogens (tertiary/aromatic N) is 1. The summed E-state index contributed by atoms with van der Waals surface area (Å²) in [6.45, 7) is 7.79. The van der Waals surface area contributed by atoms with Crippen molar-refractivity contribution in [3.05, 3.63) is 24.1 Å². The number of hydrogen-bond acceptors (Lipinski definition) is 4. The Hall–Kier alpha value is -1.88. The highest BCUT2D eigenvalue weighted by Gasteiger charge is 2.27. The number of nitrogens with one attached hydrogen (secondary N) is 1. The van der Waals surface area contributed by atoms with Crippen LogP contribution in [0.5, 0.6) is 0 Å². The second-order valence-corrected chi connectivity index (χ2v) is 5.98. The van der Waals surface area contributed by atoms with Gasteiger partial charge in [-0.2, -0.15) is 0 Å². The summed E-state index contributed by atoms with van der Waals surface area (Å²) in [6.07, 6.45) is 0.741. The van der Waals surface area contributed by atoms with Crippen molar-refractivity contribution in [3.8, 4) is 0 Å². The van der Waals surface area contributed by atoms with Crippen molar-refractivity contribution in [2.24, 2.45) is 11.1 Å². The van der Waals surface area contributed by atoms with Gasteiger partial charge in [0.15, 0.2) is 11.5 Å². The van der Waals surface area contributed by atoms with Crippen LogP contribution in [0.1, 0.15) is 33.6 Å². The van der Waals surface area contributed by atoms with Crippen LogP contribution in [0.2, 0.25) is 0 Å². The summed E-state index contributed by atoms with van der Waals surface area (Å²) in [6, 6.07) is 4.83. The number of fused-ring (bicyclic) bond motifs is 1. The highest BCUT2D eigenvalue weighted by molar-refractivity contribution is 5.96. The number of aryl methyl sites for hydroxylation is 1. The Bertz CT molecular complexity index is 626. The number of anilines is 1. The summed E-state index contributed by atoms with van der Waals surface area (Å²) in [5.41, 5.74) is 7.79. The minimum absolute atomic E-state index is 0.198. The molecule has 0 aliphatic rings. The molecular formula is C15H21N3O2. The highest BCUT2D eigenvalue weighted by Crippen LogP contribution is 2.22. The van der Waals surface area contributed by atoms with E-state index in [1.165, 1.54) is 0 Å². The number of amides is 1. The van der Waals surface area contributed by atoms with Crippen molar-refractivity contribution >= 4 is 22.7 Å². The Balaban J connectivity index is 2.19. The van der Waals surface area contributed by atoms with Crippen LogP contribution in [0.25, 0.3) is 11.1 Å². The smallest absolute Gasteiger partial charge is 0.241 e. The fraction of sp³-hybridized carbons (Fsp3) is 0.467. The number of nitrogens with two attached hydrogens (primary N) is 1. The summed E-state index contributed by atoms with van der Waals surface area (Å²) in [4.78, 5) is 16.4. The van der Waals surface area contributed by atoms with Gasteiger partial charge >= 0.3 is 0 Å². The minimum atomic E-state index is -0.568. The van der Waals surface area contributed by atoms with Gasteiger partial charge in [0, 0.05) is 12.1 Å². The van der Waals surface area contributed by atoms with Crippen LogP contribution in [0, 0.1) is 5.41 Å². The summed E-state index contributed by atoms with van der Waals surface area (Å²) in [5.74, 6) is 0.492. The predicted molar refractivity (Wildman–Crippen MR) is 79.4 cm³/mol. The molecule has 0 aliphatic heterocycles. The van der Waals surface area contributed by atoms with E-state index in [-0.39, 0.29) is 11.3 Å². The van der Waals surface area contributed by atoms with Crippen molar-refractivity contribution < 1.29 is 9.21 Å². The molecule has 1 heterocycles. The molecule has 0 unspecified atom stereocenters. The predicted octanol–water partition coefficient (Wildman–Crippen LogP) is 2.70. The van der Waals surface area contributed by atoms with Gasteiger partial charge in [0.05, 0.1) is 6.04 Å². The van der Waals surface area contributed by atoms with Gasteiger partial charge in [0.25, 0.3) is 0 Å². The third-order valence-corrected chi connectivity index (χ3v) is 3.22. The summed E-state index contributed by atoms with van der Waals surface area (Å²) in [7, 11) is 0. The SMILES string of the molecule is CCc1nc2cc(NC(=O)[C@H](N)C(C)(C)C)ccc2o1. The lowest BCUT2D eigenvalue weighted by Crippen LogP contribution is -2.45. The van der Waals surface area contributed by atoms with Gasteiger partial charge in [-0.1, -0.05) is 27.7 Å². The van der Waals surface area contributed by atoms with Gasteiger partial charge in [0.2, 0.25) is 5.91 Å². The van der Waals surface area contributed by atoms with Crippen molar-refractivity contribution in [1.29, 1.82) is 0 Å². The fourth-order valence-corrected chi connectivity index (χ4v) is 1.82. The van der Waals surface area contributed by atoms with E-state index in [0.717, 1.165) is 17.5 Å². The van der Waals surface area contributed by atoms with Crippen LogP contribution in [0.15, 0.2) is 22.6 Å². The molecule has 1 amide bonds. The lowest BCUT2D eigenvalue weighted by molar-refractivity contribution is -0.119. The second kappa shape index (κ2) is 5.25. The summed E-state index contributed by atoms with van der Waals surface area (Å²) in [5, 5.41) is 2.82. The van der Waals surface area contributed by atoms with Crippen LogP contribution in [-0.4, -0.2) is 16.9 Å². The Morgan fingerprint density at radius 2 is 2.15 bits per heavy atom. The molecule has 5 nitrogen and oxygen atoms in total. The van der Waals surface area contributed by atoms with E-state index in [2.05, 4.69) is 10.3 Å². The topological polar surface area (TPSA) is 81.2 Å². The third kappa shape index (κ3) is 2.99. The molecule has 0 saturated heterocycles. The zero-order chi connectivity index (χ0) is 14.9. The molecule has 20 heavy (non-hydrogen) atoms. The van der Waals surface area contributed by atoms with E-state index in [4.69, 9.17) is 10.2 Å². The van der Waals surface area contributed by atoms with Crippen molar-refractivity contribution in [1.82, 2.24) is 4.98 Å². The molecule has 0 aliphatic carbocycles. The molecule has 0 radical (unpaired) electrons. The lowest BCUT2D eigenvalue weighted by atomic mass is 9.87. The first-order chi connectivity index (χ1) is 9.31. The number of carbonyl (C=O) groups excluding carboxylic acids is 1. The Kier molecular flexibility index (Phi) is 3.81. The molecular weight excluding hydrogens is 254 g/mol. The molecule has 1 aromatic heterocycles. The molecule has 1 aromatic carbocycles. The van der Waals surface area contributed by atoms with E-state index >= 15 is 0 Å². The standard InChI is InChI=1S/C15H21N3O2/c1-5-12-18-10-8-9(6-7-11(10)20-12)17-14(19)13(16)15(2,3)4/h6-8,13H,5,16H2,1-4H3,(H,17,19)/t13-/m0/s1. The molecule has 5 heteroatoms. The minimum Gasteiger partial charge on any atom is -0.441 e. The first-order valence-corrected chi connectivity index (χ1v) is 6.77. The van der Waals surface area contributed by atoms with Crippen LogP contribution in [-0.2, 0) is 11.2 Å². The molecule has 2 rings (SSSR count). The van der Waals surface area contributed by atoms with Crippen LogP contribution in [0.3, 0.4) is 0 Å². The molecule has 3 N–H and O–H groups in total. The molecule has 2 aromatic rings. The molecule has 0 fully saturated rings. The molecule has 0 saturated carbocycles. The van der Waals surface area contributed by atoms with Crippen LogP contribution < -0.4 is 11.1 Å². The van der Waals surface area contributed by atoms with E-state index < -0.39 is 6.04 Å². The van der Waals surface area contributed by atoms with Crippen molar-refractivity contribution in [2.75, 3.05) is 5.32 Å². The van der Waals surface area contributed by atoms with Crippen molar-refractivity contribution in [3.63, 3.8) is 0 Å². The van der Waals surface area contributed by atoms with E-state index in [1.54, 1.807) is 18.2 Å². The third-order valence-electron chi connectivity index (χ3n) is 3.22. The van der Waals surface area contributed by atoms with Gasteiger partial charge in [-0.25, -0.2) is 4.98 Å². The Labute approximate surface area is 118 Å². The highest BCUT2D eigenvalue weighted by atomic mass is 16.3. The quantitative estimate of drug-likeness (QED) is 0.902. The van der Waals surface area contributed by atoms with Gasteiger partial charge in [-0.15, -0.1) is 0 Å². The monoisotopic (exact) mass is 275 g/mol. The van der Waals surface area contributed by atoms with E-state index in [9.17, 15) is 4.79 Å². The molecule has 108 valence electrons. The number of hydrogen-bond donors (Lipinski definition) is 2. The Morgan fingerprint density at radius 3 is 2.75 bits per heavy atom. The molecule has 0 spiro atoms. The van der Waals surface area contributed by atoms with Gasteiger partial charge in [0.1, 0.15) is 5.52 Å². The average Bonchev–Trinajstić information content (AvgIpc) is 2.78. The van der Waals surface area contributed by atoms with E-state index in [1.807, 2.05) is 27.7 Å². The van der Waals surface area contributed by atoms with Gasteiger partial charge < -0.3 is 15.5 Å².